The molecule has 0 aliphatic heterocycles. The average molecular weight is 182 g/mol. The van der Waals surface area contributed by atoms with Gasteiger partial charge in [0.05, 0.1) is 7.11 Å². The zero-order valence-electron chi connectivity index (χ0n) is 7.07. The van der Waals surface area contributed by atoms with Crippen molar-refractivity contribution in [2.24, 2.45) is 0 Å². The highest BCUT2D eigenvalue weighted by molar-refractivity contribution is 5.84. The molecule has 13 heavy (non-hydrogen) atoms. The van der Waals surface area contributed by atoms with Crippen LogP contribution in [0.2, 0.25) is 0 Å². The molecule has 4 N–H and O–H groups in total. The van der Waals surface area contributed by atoms with Gasteiger partial charge in [-0.05, 0) is 6.07 Å². The molecule has 0 fully saturated rings. The number of rotatable bonds is 2. The minimum atomic E-state index is -1.13. The lowest BCUT2D eigenvalue weighted by molar-refractivity contribution is 0.210. The maximum atomic E-state index is 10.3. The second-order valence-corrected chi connectivity index (χ2v) is 2.43. The van der Waals surface area contributed by atoms with Gasteiger partial charge < -0.3 is 15.6 Å². The summed E-state index contributed by atoms with van der Waals surface area (Å²) in [4.78, 5) is 10.3. The summed E-state index contributed by atoms with van der Waals surface area (Å²) in [5.74, 6) is 0.517. The second-order valence-electron chi connectivity index (χ2n) is 2.43. The van der Waals surface area contributed by atoms with E-state index >= 15 is 0 Å². The van der Waals surface area contributed by atoms with Crippen molar-refractivity contribution in [1.82, 2.24) is 0 Å². The van der Waals surface area contributed by atoms with Gasteiger partial charge in [-0.1, -0.05) is 0 Å². The number of carbonyl (C=O) groups is 1. The Bertz CT molecular complexity index is 325. The summed E-state index contributed by atoms with van der Waals surface area (Å²) >= 11 is 0. The van der Waals surface area contributed by atoms with Crippen LogP contribution >= 0.6 is 0 Å². The molecule has 0 aromatic heterocycles. The zero-order chi connectivity index (χ0) is 9.84. The number of nitrogen functional groups attached to an aromatic ring is 1. The predicted octanol–water partition coefficient (Wildman–Crippen LogP) is 1.37. The summed E-state index contributed by atoms with van der Waals surface area (Å²) in [5, 5.41) is 10.6. The van der Waals surface area contributed by atoms with Gasteiger partial charge in [-0.3, -0.25) is 5.32 Å². The van der Waals surface area contributed by atoms with Gasteiger partial charge in [0.15, 0.2) is 0 Å². The molecule has 1 rings (SSSR count). The Morgan fingerprint density at radius 3 is 2.77 bits per heavy atom. The van der Waals surface area contributed by atoms with Crippen LogP contribution in [0.3, 0.4) is 0 Å². The van der Waals surface area contributed by atoms with Crippen molar-refractivity contribution in [3.63, 3.8) is 0 Å². The van der Waals surface area contributed by atoms with E-state index in [9.17, 15) is 4.79 Å². The Morgan fingerprint density at radius 1 is 1.54 bits per heavy atom. The van der Waals surface area contributed by atoms with Crippen LogP contribution in [0.5, 0.6) is 5.75 Å². The summed E-state index contributed by atoms with van der Waals surface area (Å²) in [6, 6.07) is 4.66. The highest BCUT2D eigenvalue weighted by atomic mass is 16.5. The molecule has 0 unspecified atom stereocenters. The maximum Gasteiger partial charge on any atom is 0.409 e. The number of carboxylic acid groups (broad SMARTS) is 1. The number of benzene rings is 1. The third-order valence-electron chi connectivity index (χ3n) is 1.42. The number of anilines is 2. The van der Waals surface area contributed by atoms with Gasteiger partial charge in [-0.15, -0.1) is 0 Å². The Morgan fingerprint density at radius 2 is 2.23 bits per heavy atom. The molecule has 1 aromatic carbocycles. The van der Waals surface area contributed by atoms with E-state index in [4.69, 9.17) is 15.6 Å². The molecule has 5 nitrogen and oxygen atoms in total. The fraction of sp³-hybridized carbons (Fsp3) is 0.125. The van der Waals surface area contributed by atoms with Crippen molar-refractivity contribution in [3.8, 4) is 5.75 Å². The van der Waals surface area contributed by atoms with E-state index in [-0.39, 0.29) is 0 Å². The van der Waals surface area contributed by atoms with Crippen LogP contribution in [0.25, 0.3) is 0 Å². The molecule has 5 heteroatoms. The highest BCUT2D eigenvalue weighted by Crippen LogP contribution is 2.21. The third kappa shape index (κ3) is 2.55. The molecule has 0 aliphatic rings. The van der Waals surface area contributed by atoms with E-state index in [1.54, 1.807) is 12.1 Å². The number of ether oxygens (including phenoxy) is 1. The van der Waals surface area contributed by atoms with Gasteiger partial charge in [0, 0.05) is 23.5 Å². The summed E-state index contributed by atoms with van der Waals surface area (Å²) < 4.78 is 4.90. The quantitative estimate of drug-likeness (QED) is 0.603. The van der Waals surface area contributed by atoms with Gasteiger partial charge in [0.2, 0.25) is 0 Å². The van der Waals surface area contributed by atoms with E-state index < -0.39 is 6.09 Å². The Hall–Kier alpha value is -1.91. The van der Waals surface area contributed by atoms with Crippen LogP contribution in [0.15, 0.2) is 18.2 Å². The standard InChI is InChI=1S/C8H10N2O3/c1-13-7-3-5(9)2-6(4-7)10-8(11)12/h2-4,10H,9H2,1H3,(H,11,12). The molecule has 70 valence electrons. The van der Waals surface area contributed by atoms with Crippen LogP contribution in [0.1, 0.15) is 0 Å². The van der Waals surface area contributed by atoms with Gasteiger partial charge in [-0.25, -0.2) is 4.79 Å². The summed E-state index contributed by atoms with van der Waals surface area (Å²) in [6.07, 6.45) is -1.13. The van der Waals surface area contributed by atoms with Crippen LogP contribution in [-0.2, 0) is 0 Å². The fourth-order valence-electron chi connectivity index (χ4n) is 0.936. The van der Waals surface area contributed by atoms with Crippen LogP contribution in [0, 0.1) is 0 Å². The van der Waals surface area contributed by atoms with Crippen molar-refractivity contribution in [2.45, 2.75) is 0 Å². The Labute approximate surface area is 75.1 Å². The smallest absolute Gasteiger partial charge is 0.409 e. The lowest BCUT2D eigenvalue weighted by atomic mass is 10.2. The largest absolute Gasteiger partial charge is 0.497 e. The van der Waals surface area contributed by atoms with E-state index in [2.05, 4.69) is 5.32 Å². The molecule has 0 heterocycles. The number of methoxy groups -OCH3 is 1. The molecule has 1 amide bonds. The molecule has 0 saturated carbocycles. The topological polar surface area (TPSA) is 84.6 Å². The molecule has 0 spiro atoms. The molecule has 0 atom stereocenters. The molecular weight excluding hydrogens is 172 g/mol. The number of nitrogens with one attached hydrogen (secondary N) is 1. The number of hydrogen-bond acceptors (Lipinski definition) is 3. The van der Waals surface area contributed by atoms with Crippen LogP contribution in [-0.4, -0.2) is 18.3 Å². The summed E-state index contributed by atoms with van der Waals surface area (Å²) in [6.45, 7) is 0. The van der Waals surface area contributed by atoms with Gasteiger partial charge in [0.25, 0.3) is 0 Å². The lowest BCUT2D eigenvalue weighted by Gasteiger charge is -2.05. The Balaban J connectivity index is 2.94. The van der Waals surface area contributed by atoms with Gasteiger partial charge >= 0.3 is 6.09 Å². The predicted molar refractivity (Wildman–Crippen MR) is 49.1 cm³/mol. The first-order valence-corrected chi connectivity index (χ1v) is 3.56. The summed E-state index contributed by atoms with van der Waals surface area (Å²) in [7, 11) is 1.49. The summed E-state index contributed by atoms with van der Waals surface area (Å²) in [5.41, 5.74) is 6.34. The van der Waals surface area contributed by atoms with Crippen molar-refractivity contribution in [1.29, 1.82) is 0 Å². The SMILES string of the molecule is COc1cc(N)cc(NC(=O)O)c1. The van der Waals surface area contributed by atoms with Crippen molar-refractivity contribution in [3.05, 3.63) is 18.2 Å². The normalized spacial score (nSPS) is 9.31. The van der Waals surface area contributed by atoms with Crippen molar-refractivity contribution < 1.29 is 14.6 Å². The number of amides is 1. The van der Waals surface area contributed by atoms with Crippen LogP contribution < -0.4 is 15.8 Å². The highest BCUT2D eigenvalue weighted by Gasteiger charge is 2.01. The molecule has 0 aliphatic carbocycles. The second kappa shape index (κ2) is 3.66. The molecular formula is C8H10N2O3. The maximum absolute atomic E-state index is 10.3. The average Bonchev–Trinajstić information content (AvgIpc) is 2.01. The molecule has 1 aromatic rings. The zero-order valence-corrected chi connectivity index (χ0v) is 7.07. The third-order valence-corrected chi connectivity index (χ3v) is 1.42. The minimum Gasteiger partial charge on any atom is -0.497 e. The van der Waals surface area contributed by atoms with Crippen LogP contribution in [0.4, 0.5) is 16.2 Å². The van der Waals surface area contributed by atoms with Crippen molar-refractivity contribution >= 4 is 17.5 Å². The number of hydrogen-bond donors (Lipinski definition) is 3. The lowest BCUT2D eigenvalue weighted by Crippen LogP contribution is -2.07. The van der Waals surface area contributed by atoms with Gasteiger partial charge in [0.1, 0.15) is 5.75 Å². The van der Waals surface area contributed by atoms with E-state index in [0.29, 0.717) is 17.1 Å². The molecule has 0 bridgehead atoms. The number of nitrogens with two attached hydrogens (primary N) is 1. The first-order chi connectivity index (χ1) is 6.11. The first-order valence-electron chi connectivity index (χ1n) is 3.56. The monoisotopic (exact) mass is 182 g/mol. The fourth-order valence-corrected chi connectivity index (χ4v) is 0.936. The Kier molecular flexibility index (Phi) is 2.59. The first kappa shape index (κ1) is 9.18. The van der Waals surface area contributed by atoms with E-state index in [1.165, 1.54) is 13.2 Å². The molecule has 0 radical (unpaired) electrons. The van der Waals surface area contributed by atoms with E-state index in [0.717, 1.165) is 0 Å². The van der Waals surface area contributed by atoms with Crippen molar-refractivity contribution in [2.75, 3.05) is 18.2 Å². The van der Waals surface area contributed by atoms with E-state index in [1.807, 2.05) is 0 Å². The minimum absolute atomic E-state index is 0.393. The molecule has 0 saturated heterocycles. The van der Waals surface area contributed by atoms with Gasteiger partial charge in [-0.2, -0.15) is 0 Å².